The molecule has 1 amide bonds. The number of thioether (sulfide) groups is 1. The summed E-state index contributed by atoms with van der Waals surface area (Å²) >= 11 is 4.91. The molecule has 0 saturated carbocycles. The molecule has 25 heavy (non-hydrogen) atoms. The van der Waals surface area contributed by atoms with Crippen molar-refractivity contribution in [3.05, 3.63) is 64.4 Å². The lowest BCUT2D eigenvalue weighted by molar-refractivity contribution is -0.121. The van der Waals surface area contributed by atoms with Crippen molar-refractivity contribution in [1.29, 1.82) is 0 Å². The number of rotatable bonds is 5. The highest BCUT2D eigenvalue weighted by atomic mass is 79.9. The Morgan fingerprint density at radius 3 is 2.60 bits per heavy atom. The van der Waals surface area contributed by atoms with E-state index in [0.717, 1.165) is 27.8 Å². The first-order valence-corrected chi connectivity index (χ1v) is 9.88. The third-order valence-corrected chi connectivity index (χ3v) is 5.79. The van der Waals surface area contributed by atoms with E-state index in [1.165, 1.54) is 23.9 Å². The van der Waals surface area contributed by atoms with E-state index in [4.69, 9.17) is 4.74 Å². The van der Waals surface area contributed by atoms with Gasteiger partial charge in [0.2, 0.25) is 5.91 Å². The lowest BCUT2D eigenvalue weighted by Crippen LogP contribution is -2.50. The SMILES string of the molecule is O=C(CSc1ccc(F)cc1)NC1(c2cccc(Br)c2)CCOCC1. The van der Waals surface area contributed by atoms with Crippen molar-refractivity contribution in [3.63, 3.8) is 0 Å². The van der Waals surface area contributed by atoms with Crippen LogP contribution in [0.15, 0.2) is 57.9 Å². The molecule has 6 heteroatoms. The van der Waals surface area contributed by atoms with E-state index in [2.05, 4.69) is 27.3 Å². The Balaban J connectivity index is 1.69. The van der Waals surface area contributed by atoms with Gasteiger partial charge in [0.25, 0.3) is 0 Å². The molecule has 2 aromatic rings. The molecule has 0 aliphatic carbocycles. The summed E-state index contributed by atoms with van der Waals surface area (Å²) in [5, 5.41) is 3.22. The van der Waals surface area contributed by atoms with Crippen LogP contribution in [0.5, 0.6) is 0 Å². The predicted octanol–water partition coefficient (Wildman–Crippen LogP) is 4.50. The first-order valence-electron chi connectivity index (χ1n) is 8.11. The Bertz CT molecular complexity index is 732. The van der Waals surface area contributed by atoms with Gasteiger partial charge in [0.15, 0.2) is 0 Å². The minimum atomic E-state index is -0.400. The molecule has 132 valence electrons. The number of hydrogen-bond donors (Lipinski definition) is 1. The van der Waals surface area contributed by atoms with Gasteiger partial charge in [0.05, 0.1) is 11.3 Å². The van der Waals surface area contributed by atoms with Gasteiger partial charge < -0.3 is 10.1 Å². The summed E-state index contributed by atoms with van der Waals surface area (Å²) in [5.41, 5.74) is 0.688. The fraction of sp³-hybridized carbons (Fsp3) is 0.316. The maximum atomic E-state index is 13.0. The molecule has 2 aromatic carbocycles. The summed E-state index contributed by atoms with van der Waals surface area (Å²) in [6, 6.07) is 14.2. The molecular weight excluding hydrogens is 405 g/mol. The van der Waals surface area contributed by atoms with Gasteiger partial charge in [-0.25, -0.2) is 4.39 Å². The van der Waals surface area contributed by atoms with Crippen molar-refractivity contribution >= 4 is 33.6 Å². The van der Waals surface area contributed by atoms with Gasteiger partial charge in [-0.15, -0.1) is 11.8 Å². The van der Waals surface area contributed by atoms with E-state index >= 15 is 0 Å². The average molecular weight is 424 g/mol. The van der Waals surface area contributed by atoms with E-state index in [1.54, 1.807) is 12.1 Å². The van der Waals surface area contributed by atoms with Crippen molar-refractivity contribution < 1.29 is 13.9 Å². The van der Waals surface area contributed by atoms with Gasteiger partial charge in [0.1, 0.15) is 5.82 Å². The molecule has 1 fully saturated rings. The minimum Gasteiger partial charge on any atom is -0.381 e. The summed E-state index contributed by atoms with van der Waals surface area (Å²) in [6.07, 6.45) is 1.49. The molecular formula is C19H19BrFNO2S. The zero-order chi connectivity index (χ0) is 17.7. The third-order valence-electron chi connectivity index (χ3n) is 4.29. The summed E-state index contributed by atoms with van der Waals surface area (Å²) in [7, 11) is 0. The van der Waals surface area contributed by atoms with Gasteiger partial charge in [0, 0.05) is 22.6 Å². The highest BCUT2D eigenvalue weighted by Gasteiger charge is 2.36. The number of carbonyl (C=O) groups excluding carboxylic acids is 1. The Labute approximate surface area is 159 Å². The van der Waals surface area contributed by atoms with Gasteiger partial charge in [-0.1, -0.05) is 28.1 Å². The third kappa shape index (κ3) is 4.84. The molecule has 0 unspecified atom stereocenters. The maximum absolute atomic E-state index is 13.0. The maximum Gasteiger partial charge on any atom is 0.231 e. The average Bonchev–Trinajstić information content (AvgIpc) is 2.62. The van der Waals surface area contributed by atoms with Crippen LogP contribution in [-0.2, 0) is 15.1 Å². The van der Waals surface area contributed by atoms with Crippen LogP contribution in [0.3, 0.4) is 0 Å². The van der Waals surface area contributed by atoms with Crippen LogP contribution in [0.1, 0.15) is 18.4 Å². The molecule has 1 N–H and O–H groups in total. The number of benzene rings is 2. The monoisotopic (exact) mass is 423 g/mol. The largest absolute Gasteiger partial charge is 0.381 e. The molecule has 0 aromatic heterocycles. The van der Waals surface area contributed by atoms with Crippen molar-refractivity contribution in [2.24, 2.45) is 0 Å². The Hall–Kier alpha value is -1.37. The van der Waals surface area contributed by atoms with E-state index in [1.807, 2.05) is 18.2 Å². The molecule has 1 heterocycles. The predicted molar refractivity (Wildman–Crippen MR) is 101 cm³/mol. The first kappa shape index (κ1) is 18.4. The van der Waals surface area contributed by atoms with Gasteiger partial charge in [-0.3, -0.25) is 4.79 Å². The number of hydrogen-bond acceptors (Lipinski definition) is 3. The fourth-order valence-electron chi connectivity index (χ4n) is 2.97. The van der Waals surface area contributed by atoms with Gasteiger partial charge in [-0.2, -0.15) is 0 Å². The summed E-state index contributed by atoms with van der Waals surface area (Å²) in [4.78, 5) is 13.4. The quantitative estimate of drug-likeness (QED) is 0.719. The summed E-state index contributed by atoms with van der Waals surface area (Å²) < 4.78 is 19.4. The number of ether oxygens (including phenoxy) is 1. The van der Waals surface area contributed by atoms with Crippen LogP contribution < -0.4 is 5.32 Å². The highest BCUT2D eigenvalue weighted by molar-refractivity contribution is 9.10. The van der Waals surface area contributed by atoms with Crippen molar-refractivity contribution in [2.45, 2.75) is 23.3 Å². The second kappa shape index (κ2) is 8.34. The standard InChI is InChI=1S/C19H19BrFNO2S/c20-15-3-1-2-14(12-15)19(8-10-24-11-9-19)22-18(23)13-25-17-6-4-16(21)5-7-17/h1-7,12H,8-11,13H2,(H,22,23). The lowest BCUT2D eigenvalue weighted by atomic mass is 9.82. The van der Waals surface area contributed by atoms with Gasteiger partial charge >= 0.3 is 0 Å². The first-order chi connectivity index (χ1) is 12.1. The van der Waals surface area contributed by atoms with Crippen LogP contribution in [0, 0.1) is 5.82 Å². The van der Waals surface area contributed by atoms with Crippen molar-refractivity contribution in [1.82, 2.24) is 5.32 Å². The van der Waals surface area contributed by atoms with Crippen LogP contribution in [0.2, 0.25) is 0 Å². The van der Waals surface area contributed by atoms with Crippen LogP contribution >= 0.6 is 27.7 Å². The van der Waals surface area contributed by atoms with E-state index in [-0.39, 0.29) is 11.7 Å². The molecule has 3 nitrogen and oxygen atoms in total. The lowest BCUT2D eigenvalue weighted by Gasteiger charge is -2.38. The zero-order valence-electron chi connectivity index (χ0n) is 13.6. The fourth-order valence-corrected chi connectivity index (χ4v) is 4.07. The molecule has 1 aliphatic rings. The highest BCUT2D eigenvalue weighted by Crippen LogP contribution is 2.33. The van der Waals surface area contributed by atoms with Crippen molar-refractivity contribution in [2.75, 3.05) is 19.0 Å². The zero-order valence-corrected chi connectivity index (χ0v) is 16.0. The molecule has 0 bridgehead atoms. The minimum absolute atomic E-state index is 0.0313. The van der Waals surface area contributed by atoms with E-state index in [0.29, 0.717) is 19.0 Å². The summed E-state index contributed by atoms with van der Waals surface area (Å²) in [5.74, 6) is -0.0109. The second-order valence-electron chi connectivity index (χ2n) is 6.00. The number of carbonyl (C=O) groups is 1. The van der Waals surface area contributed by atoms with Crippen LogP contribution in [0.25, 0.3) is 0 Å². The van der Waals surface area contributed by atoms with E-state index < -0.39 is 5.54 Å². The van der Waals surface area contributed by atoms with Crippen LogP contribution in [-0.4, -0.2) is 24.9 Å². The van der Waals surface area contributed by atoms with Crippen molar-refractivity contribution in [3.8, 4) is 0 Å². The van der Waals surface area contributed by atoms with E-state index in [9.17, 15) is 9.18 Å². The second-order valence-corrected chi connectivity index (χ2v) is 7.96. The Morgan fingerprint density at radius 2 is 1.92 bits per heavy atom. The number of nitrogens with one attached hydrogen (secondary N) is 1. The van der Waals surface area contributed by atoms with Crippen LogP contribution in [0.4, 0.5) is 4.39 Å². The molecule has 1 aliphatic heterocycles. The van der Waals surface area contributed by atoms with Gasteiger partial charge in [-0.05, 0) is 54.8 Å². The number of halogens is 2. The Morgan fingerprint density at radius 1 is 1.20 bits per heavy atom. The topological polar surface area (TPSA) is 38.3 Å². The summed E-state index contributed by atoms with van der Waals surface area (Å²) in [6.45, 7) is 1.25. The molecule has 0 radical (unpaired) electrons. The number of amides is 1. The molecule has 0 spiro atoms. The smallest absolute Gasteiger partial charge is 0.231 e. The normalized spacial score (nSPS) is 16.4. The molecule has 1 saturated heterocycles. The molecule has 0 atom stereocenters. The Kier molecular flexibility index (Phi) is 6.15. The molecule has 3 rings (SSSR count).